The quantitative estimate of drug-likeness (QED) is 0.229. The largest absolute Gasteiger partial charge is 0.119 e. The Morgan fingerprint density at radius 3 is 1.37 bits per heavy atom. The van der Waals surface area contributed by atoms with Gasteiger partial charge in [-0.3, -0.25) is 0 Å². The summed E-state index contributed by atoms with van der Waals surface area (Å²) < 4.78 is 0. The van der Waals surface area contributed by atoms with E-state index in [1.807, 2.05) is 0 Å². The molecule has 0 amide bonds. The Labute approximate surface area is 127 Å². The second-order valence-electron chi connectivity index (χ2n) is 6.23. The molecular weight excluding hydrogens is 252 g/mol. The summed E-state index contributed by atoms with van der Waals surface area (Å²) in [6, 6.07) is 0. The highest BCUT2D eigenvalue weighted by Gasteiger charge is 2.24. The highest BCUT2D eigenvalue weighted by atomic mass is 35.5. The summed E-state index contributed by atoms with van der Waals surface area (Å²) in [7, 11) is 0. The van der Waals surface area contributed by atoms with Gasteiger partial charge < -0.3 is 0 Å². The molecule has 0 unspecified atom stereocenters. The van der Waals surface area contributed by atoms with Crippen LogP contribution in [0.4, 0.5) is 0 Å². The van der Waals surface area contributed by atoms with Gasteiger partial charge in [0.15, 0.2) is 0 Å². The van der Waals surface area contributed by atoms with Crippen LogP contribution in [-0.2, 0) is 0 Å². The van der Waals surface area contributed by atoms with Crippen molar-refractivity contribution in [1.82, 2.24) is 0 Å². The molecule has 0 aromatic heterocycles. The van der Waals surface area contributed by atoms with Crippen LogP contribution < -0.4 is 0 Å². The van der Waals surface area contributed by atoms with Crippen molar-refractivity contribution >= 4 is 11.6 Å². The molecule has 0 aromatic rings. The summed E-state index contributed by atoms with van der Waals surface area (Å²) in [5.41, 5.74) is 0. The molecule has 0 rings (SSSR count). The Kier molecular flexibility index (Phi) is 13.5. The zero-order chi connectivity index (χ0) is 14.4. The van der Waals surface area contributed by atoms with E-state index < -0.39 is 0 Å². The summed E-state index contributed by atoms with van der Waals surface area (Å²) >= 11 is 6.86. The van der Waals surface area contributed by atoms with E-state index in [-0.39, 0.29) is 4.87 Å². The molecule has 0 saturated carbocycles. The first kappa shape index (κ1) is 19.3. The molecule has 0 nitrogen and oxygen atoms in total. The van der Waals surface area contributed by atoms with Crippen molar-refractivity contribution in [2.45, 2.75) is 116 Å². The third-order valence-electron chi connectivity index (χ3n) is 4.19. The molecule has 0 aliphatic carbocycles. The third-order valence-corrected chi connectivity index (χ3v) is 4.75. The molecule has 0 spiro atoms. The monoisotopic (exact) mass is 288 g/mol. The molecule has 19 heavy (non-hydrogen) atoms. The van der Waals surface area contributed by atoms with Gasteiger partial charge in [0.25, 0.3) is 0 Å². The van der Waals surface area contributed by atoms with Crippen LogP contribution >= 0.6 is 11.6 Å². The lowest BCUT2D eigenvalue weighted by molar-refractivity contribution is 0.408. The molecular formula is C18H37Cl. The fraction of sp³-hybridized carbons (Fsp3) is 1.00. The van der Waals surface area contributed by atoms with Gasteiger partial charge in [0, 0.05) is 4.87 Å². The molecule has 0 N–H and O–H groups in total. The van der Waals surface area contributed by atoms with Crippen molar-refractivity contribution in [3.05, 3.63) is 0 Å². The summed E-state index contributed by atoms with van der Waals surface area (Å²) in [6.45, 7) is 6.82. The number of rotatable bonds is 14. The Morgan fingerprint density at radius 1 is 0.526 bits per heavy atom. The van der Waals surface area contributed by atoms with E-state index in [2.05, 4.69) is 20.8 Å². The summed E-state index contributed by atoms with van der Waals surface area (Å²) in [5.74, 6) is 0. The molecule has 0 aromatic carbocycles. The molecule has 0 saturated heterocycles. The van der Waals surface area contributed by atoms with Crippen molar-refractivity contribution in [3.8, 4) is 0 Å². The first-order chi connectivity index (χ1) is 9.18. The lowest BCUT2D eigenvalue weighted by atomic mass is 9.89. The maximum Gasteiger partial charge on any atom is 0.0446 e. The lowest BCUT2D eigenvalue weighted by Crippen LogP contribution is -2.21. The molecule has 0 heterocycles. The molecule has 1 heteroatoms. The van der Waals surface area contributed by atoms with E-state index >= 15 is 0 Å². The predicted molar refractivity (Wildman–Crippen MR) is 90.2 cm³/mol. The summed E-state index contributed by atoms with van der Waals surface area (Å²) in [6.07, 6.45) is 18.6. The molecule has 0 atom stereocenters. The normalized spacial score (nSPS) is 12.0. The minimum atomic E-state index is 0.120. The minimum absolute atomic E-state index is 0.120. The van der Waals surface area contributed by atoms with Crippen LogP contribution in [-0.4, -0.2) is 4.87 Å². The molecule has 0 fully saturated rings. The SMILES string of the molecule is CCCCCCCCCC(Cl)(CCCC)CCCC. The molecule has 116 valence electrons. The van der Waals surface area contributed by atoms with E-state index in [9.17, 15) is 0 Å². The number of hydrogen-bond acceptors (Lipinski definition) is 0. The molecule has 0 radical (unpaired) electrons. The van der Waals surface area contributed by atoms with Gasteiger partial charge in [-0.05, 0) is 19.3 Å². The maximum atomic E-state index is 6.86. The van der Waals surface area contributed by atoms with Gasteiger partial charge in [-0.1, -0.05) is 91.4 Å². The first-order valence-corrected chi connectivity index (χ1v) is 9.25. The second kappa shape index (κ2) is 13.3. The van der Waals surface area contributed by atoms with Crippen LogP contribution in [0.15, 0.2) is 0 Å². The van der Waals surface area contributed by atoms with Crippen molar-refractivity contribution < 1.29 is 0 Å². The lowest BCUT2D eigenvalue weighted by Gasteiger charge is -2.27. The Bertz CT molecular complexity index is 169. The number of alkyl halides is 1. The maximum absolute atomic E-state index is 6.86. The van der Waals surface area contributed by atoms with Crippen LogP contribution in [0.3, 0.4) is 0 Å². The van der Waals surface area contributed by atoms with Crippen molar-refractivity contribution in [3.63, 3.8) is 0 Å². The number of hydrogen-bond donors (Lipinski definition) is 0. The van der Waals surface area contributed by atoms with E-state index in [1.165, 1.54) is 89.9 Å². The predicted octanol–water partition coefficient (Wildman–Crippen LogP) is 7.49. The zero-order valence-corrected chi connectivity index (χ0v) is 14.5. The summed E-state index contributed by atoms with van der Waals surface area (Å²) in [5, 5.41) is 0. The fourth-order valence-electron chi connectivity index (χ4n) is 2.76. The van der Waals surface area contributed by atoms with E-state index in [0.29, 0.717) is 0 Å². The average Bonchev–Trinajstić information content (AvgIpc) is 2.42. The number of unbranched alkanes of at least 4 members (excludes halogenated alkanes) is 8. The van der Waals surface area contributed by atoms with Crippen molar-refractivity contribution in [1.29, 1.82) is 0 Å². The fourth-order valence-corrected chi connectivity index (χ4v) is 3.16. The van der Waals surface area contributed by atoms with E-state index in [0.717, 1.165) is 0 Å². The van der Waals surface area contributed by atoms with Crippen LogP contribution in [0.5, 0.6) is 0 Å². The van der Waals surface area contributed by atoms with Gasteiger partial charge in [0.05, 0.1) is 0 Å². The highest BCUT2D eigenvalue weighted by molar-refractivity contribution is 6.23. The zero-order valence-electron chi connectivity index (χ0n) is 13.8. The smallest absolute Gasteiger partial charge is 0.0446 e. The molecule has 0 aliphatic heterocycles. The molecule has 0 bridgehead atoms. The van der Waals surface area contributed by atoms with Crippen molar-refractivity contribution in [2.24, 2.45) is 0 Å². The first-order valence-electron chi connectivity index (χ1n) is 8.87. The second-order valence-corrected chi connectivity index (χ2v) is 7.03. The van der Waals surface area contributed by atoms with Crippen LogP contribution in [0.2, 0.25) is 0 Å². The summed E-state index contributed by atoms with van der Waals surface area (Å²) in [4.78, 5) is 0.120. The Morgan fingerprint density at radius 2 is 0.895 bits per heavy atom. The third kappa shape index (κ3) is 11.8. The van der Waals surface area contributed by atoms with Gasteiger partial charge in [0.1, 0.15) is 0 Å². The van der Waals surface area contributed by atoms with Gasteiger partial charge in [-0.15, -0.1) is 11.6 Å². The molecule has 0 aliphatic rings. The Hall–Kier alpha value is 0.290. The number of halogens is 1. The van der Waals surface area contributed by atoms with Gasteiger partial charge in [-0.25, -0.2) is 0 Å². The highest BCUT2D eigenvalue weighted by Crippen LogP contribution is 2.34. The van der Waals surface area contributed by atoms with Gasteiger partial charge in [0.2, 0.25) is 0 Å². The van der Waals surface area contributed by atoms with Crippen LogP contribution in [0, 0.1) is 0 Å². The standard InChI is InChI=1S/C18H37Cl/c1-4-7-10-11-12-13-14-17-18(19,15-8-5-2)16-9-6-3/h4-17H2,1-3H3. The van der Waals surface area contributed by atoms with Gasteiger partial charge >= 0.3 is 0 Å². The van der Waals surface area contributed by atoms with E-state index in [4.69, 9.17) is 11.6 Å². The minimum Gasteiger partial charge on any atom is -0.119 e. The van der Waals surface area contributed by atoms with Gasteiger partial charge in [-0.2, -0.15) is 0 Å². The van der Waals surface area contributed by atoms with Crippen LogP contribution in [0.25, 0.3) is 0 Å². The van der Waals surface area contributed by atoms with Crippen LogP contribution in [0.1, 0.15) is 111 Å². The topological polar surface area (TPSA) is 0 Å². The Balaban J connectivity index is 3.72. The van der Waals surface area contributed by atoms with E-state index in [1.54, 1.807) is 0 Å². The van der Waals surface area contributed by atoms with Crippen molar-refractivity contribution in [2.75, 3.05) is 0 Å². The average molecular weight is 289 g/mol.